The second-order valence-electron chi connectivity index (χ2n) is 6.50. The van der Waals surface area contributed by atoms with E-state index in [1.807, 2.05) is 19.1 Å². The van der Waals surface area contributed by atoms with Gasteiger partial charge in [0.05, 0.1) is 29.8 Å². The lowest BCUT2D eigenvalue weighted by molar-refractivity contribution is 0.310. The molecule has 1 aliphatic rings. The van der Waals surface area contributed by atoms with E-state index in [1.54, 1.807) is 24.7 Å². The predicted octanol–water partition coefficient (Wildman–Crippen LogP) is 4.39. The smallest absolute Gasteiger partial charge is 0.282 e. The van der Waals surface area contributed by atoms with Gasteiger partial charge in [0.1, 0.15) is 11.2 Å². The molecule has 0 atom stereocenters. The number of thiophene rings is 1. The average Bonchev–Trinajstić information content (AvgIpc) is 3.07. The molecule has 0 aliphatic heterocycles. The maximum absolute atomic E-state index is 13.0. The molecule has 0 saturated carbocycles. The normalized spacial score (nSPS) is 13.8. The fourth-order valence-electron chi connectivity index (χ4n) is 3.47. The Morgan fingerprint density at radius 3 is 2.96 bits per heavy atom. The van der Waals surface area contributed by atoms with Crippen molar-refractivity contribution in [3.8, 4) is 11.5 Å². The number of hydrogen-bond donors (Lipinski definition) is 0. The third-order valence-corrected chi connectivity index (χ3v) is 6.51. The van der Waals surface area contributed by atoms with Crippen LogP contribution < -0.4 is 15.0 Å². The van der Waals surface area contributed by atoms with Crippen LogP contribution in [0.3, 0.4) is 0 Å². The van der Waals surface area contributed by atoms with E-state index in [4.69, 9.17) is 9.47 Å². The number of benzene rings is 1. The first-order valence-electron chi connectivity index (χ1n) is 9.19. The first-order valence-corrected chi connectivity index (χ1v) is 10.8. The quantitative estimate of drug-likeness (QED) is 0.528. The van der Waals surface area contributed by atoms with Gasteiger partial charge in [-0.25, -0.2) is 4.98 Å². The van der Waals surface area contributed by atoms with Gasteiger partial charge in [-0.05, 0) is 71.8 Å². The molecule has 0 spiro atoms. The first kappa shape index (κ1) is 19.1. The third-order valence-electron chi connectivity index (χ3n) is 4.73. The van der Waals surface area contributed by atoms with E-state index in [0.717, 1.165) is 39.5 Å². The Bertz CT molecular complexity index is 1120. The standard InChI is InChI=1S/C20H20BrN3O3S/c1-3-27-15-9-12(8-14(21)18(15)26-2)10-23-24-11-22-19-17(20(24)25)13-6-4-5-7-16(13)28-19/h8-11H,3-7H2,1-2H3/b23-10+. The van der Waals surface area contributed by atoms with Crippen molar-refractivity contribution in [1.29, 1.82) is 0 Å². The summed E-state index contributed by atoms with van der Waals surface area (Å²) in [4.78, 5) is 19.6. The molecule has 146 valence electrons. The number of ether oxygens (including phenoxy) is 2. The zero-order valence-corrected chi connectivity index (χ0v) is 18.1. The molecule has 0 saturated heterocycles. The molecule has 8 heteroatoms. The van der Waals surface area contributed by atoms with Crippen LogP contribution in [0.15, 0.2) is 32.8 Å². The van der Waals surface area contributed by atoms with E-state index < -0.39 is 0 Å². The fraction of sp³-hybridized carbons (Fsp3) is 0.350. The van der Waals surface area contributed by atoms with Crippen LogP contribution in [0, 0.1) is 0 Å². The van der Waals surface area contributed by atoms with Gasteiger partial charge in [-0.3, -0.25) is 4.79 Å². The van der Waals surface area contributed by atoms with Crippen molar-refractivity contribution in [3.05, 3.63) is 49.3 Å². The van der Waals surface area contributed by atoms with Gasteiger partial charge in [-0.2, -0.15) is 9.78 Å². The van der Waals surface area contributed by atoms with Crippen LogP contribution in [-0.2, 0) is 12.8 Å². The van der Waals surface area contributed by atoms with Gasteiger partial charge in [0.2, 0.25) is 0 Å². The Morgan fingerprint density at radius 2 is 2.18 bits per heavy atom. The molecule has 2 aromatic heterocycles. The van der Waals surface area contributed by atoms with Crippen molar-refractivity contribution in [2.75, 3.05) is 13.7 Å². The molecule has 1 aliphatic carbocycles. The Morgan fingerprint density at radius 1 is 1.36 bits per heavy atom. The Labute approximate surface area is 174 Å². The number of fused-ring (bicyclic) bond motifs is 3. The maximum Gasteiger partial charge on any atom is 0.282 e. The summed E-state index contributed by atoms with van der Waals surface area (Å²) in [7, 11) is 1.60. The van der Waals surface area contributed by atoms with Crippen LogP contribution in [-0.4, -0.2) is 29.6 Å². The highest BCUT2D eigenvalue weighted by molar-refractivity contribution is 9.10. The summed E-state index contributed by atoms with van der Waals surface area (Å²) in [5.74, 6) is 1.25. The summed E-state index contributed by atoms with van der Waals surface area (Å²) in [6, 6.07) is 3.70. The number of aryl methyl sites for hydroxylation is 2. The molecule has 4 rings (SSSR count). The van der Waals surface area contributed by atoms with E-state index in [0.29, 0.717) is 18.1 Å². The molecular weight excluding hydrogens is 442 g/mol. The van der Waals surface area contributed by atoms with Gasteiger partial charge in [0.25, 0.3) is 5.56 Å². The lowest BCUT2D eigenvalue weighted by atomic mass is 9.97. The van der Waals surface area contributed by atoms with Gasteiger partial charge < -0.3 is 9.47 Å². The van der Waals surface area contributed by atoms with Crippen LogP contribution in [0.1, 0.15) is 35.8 Å². The van der Waals surface area contributed by atoms with Crippen LogP contribution in [0.2, 0.25) is 0 Å². The molecule has 2 heterocycles. The molecule has 6 nitrogen and oxygen atoms in total. The van der Waals surface area contributed by atoms with Gasteiger partial charge in [-0.15, -0.1) is 11.3 Å². The minimum atomic E-state index is -0.113. The average molecular weight is 462 g/mol. The highest BCUT2D eigenvalue weighted by Crippen LogP contribution is 2.36. The summed E-state index contributed by atoms with van der Waals surface area (Å²) in [5.41, 5.74) is 1.84. The summed E-state index contributed by atoms with van der Waals surface area (Å²) in [6.07, 6.45) is 7.41. The molecule has 0 unspecified atom stereocenters. The van der Waals surface area contributed by atoms with Gasteiger partial charge >= 0.3 is 0 Å². The number of aromatic nitrogens is 2. The largest absolute Gasteiger partial charge is 0.492 e. The summed E-state index contributed by atoms with van der Waals surface area (Å²) >= 11 is 5.13. The van der Waals surface area contributed by atoms with E-state index in [9.17, 15) is 4.79 Å². The van der Waals surface area contributed by atoms with Gasteiger partial charge in [0.15, 0.2) is 11.5 Å². The van der Waals surface area contributed by atoms with Crippen molar-refractivity contribution in [2.45, 2.75) is 32.6 Å². The molecule has 0 radical (unpaired) electrons. The summed E-state index contributed by atoms with van der Waals surface area (Å²) in [6.45, 7) is 2.43. The SMILES string of the molecule is CCOc1cc(/C=N/n2cnc3sc4c(c3c2=O)CCCC4)cc(Br)c1OC. The number of halogens is 1. The maximum atomic E-state index is 13.0. The van der Waals surface area contributed by atoms with Crippen LogP contribution in [0.25, 0.3) is 10.2 Å². The number of rotatable bonds is 5. The van der Waals surface area contributed by atoms with Crippen molar-refractivity contribution in [1.82, 2.24) is 9.66 Å². The zero-order valence-electron chi connectivity index (χ0n) is 15.7. The highest BCUT2D eigenvalue weighted by Gasteiger charge is 2.19. The van der Waals surface area contributed by atoms with Crippen molar-refractivity contribution < 1.29 is 9.47 Å². The fourth-order valence-corrected chi connectivity index (χ4v) is 5.31. The lowest BCUT2D eigenvalue weighted by Crippen LogP contribution is -2.18. The van der Waals surface area contributed by atoms with E-state index in [-0.39, 0.29) is 5.56 Å². The molecule has 0 N–H and O–H groups in total. The number of methoxy groups -OCH3 is 1. The minimum absolute atomic E-state index is 0.113. The van der Waals surface area contributed by atoms with Crippen molar-refractivity contribution in [2.24, 2.45) is 5.10 Å². The Balaban J connectivity index is 1.73. The number of nitrogens with zero attached hydrogens (tertiary/aromatic N) is 3. The zero-order chi connectivity index (χ0) is 19.7. The molecule has 3 aromatic rings. The van der Waals surface area contributed by atoms with Gasteiger partial charge in [-0.1, -0.05) is 0 Å². The minimum Gasteiger partial charge on any atom is -0.492 e. The highest BCUT2D eigenvalue weighted by atomic mass is 79.9. The number of hydrogen-bond acceptors (Lipinski definition) is 6. The molecular formula is C20H20BrN3O3S. The molecule has 0 amide bonds. The third kappa shape index (κ3) is 3.46. The van der Waals surface area contributed by atoms with Crippen molar-refractivity contribution >= 4 is 43.7 Å². The van der Waals surface area contributed by atoms with Crippen LogP contribution >= 0.6 is 27.3 Å². The topological polar surface area (TPSA) is 65.7 Å². The second-order valence-corrected chi connectivity index (χ2v) is 8.43. The Kier molecular flexibility index (Phi) is 5.50. The Hall–Kier alpha value is -2.19. The molecule has 0 fully saturated rings. The summed E-state index contributed by atoms with van der Waals surface area (Å²) < 4.78 is 13.1. The second kappa shape index (κ2) is 8.05. The van der Waals surface area contributed by atoms with E-state index in [1.165, 1.54) is 27.9 Å². The van der Waals surface area contributed by atoms with Crippen molar-refractivity contribution in [3.63, 3.8) is 0 Å². The molecule has 0 bridgehead atoms. The monoisotopic (exact) mass is 461 g/mol. The lowest BCUT2D eigenvalue weighted by Gasteiger charge is -2.11. The molecule has 28 heavy (non-hydrogen) atoms. The first-order chi connectivity index (χ1) is 13.6. The summed E-state index contributed by atoms with van der Waals surface area (Å²) in [5, 5.41) is 5.08. The van der Waals surface area contributed by atoms with Crippen LogP contribution in [0.4, 0.5) is 0 Å². The van der Waals surface area contributed by atoms with E-state index in [2.05, 4.69) is 26.0 Å². The van der Waals surface area contributed by atoms with E-state index >= 15 is 0 Å². The van der Waals surface area contributed by atoms with Crippen LogP contribution in [0.5, 0.6) is 11.5 Å². The molecule has 1 aromatic carbocycles. The van der Waals surface area contributed by atoms with Gasteiger partial charge in [0, 0.05) is 4.88 Å². The predicted molar refractivity (Wildman–Crippen MR) is 115 cm³/mol.